The molecule has 3 rings (SSSR count). The molecule has 7 nitrogen and oxygen atoms in total. The number of ketones is 1. The topological polar surface area (TPSA) is 104 Å². The van der Waals surface area contributed by atoms with Gasteiger partial charge in [-0.1, -0.05) is 375 Å². The van der Waals surface area contributed by atoms with Gasteiger partial charge in [0.2, 0.25) is 17.7 Å². The SMILES string of the molecule is CCCCCCCCC1CC(CCCCCCC(=O)C[C@@H]2CCCC[C@@H]2NC(=O)CCCCCCCCCCCCCCCC(C)C)C(CCCCCCC(=O)N[C@H]2CCCC[C@H]2NC(=O)CCCCCCCCCCCCCCCC(C)C)CC1CCCCCCCC. The number of hydrogen-bond donors (Lipinski definition) is 3. The molecule has 3 fully saturated rings. The molecule has 0 aromatic carbocycles. The number of carbonyl (C=O) groups is 4. The first-order valence-corrected chi connectivity index (χ1v) is 43.4. The quantitative estimate of drug-likeness (QED) is 0.0528. The summed E-state index contributed by atoms with van der Waals surface area (Å²) < 4.78 is 0. The van der Waals surface area contributed by atoms with Crippen LogP contribution in [-0.2, 0) is 19.2 Å². The van der Waals surface area contributed by atoms with Gasteiger partial charge in [-0.15, -0.1) is 0 Å². The van der Waals surface area contributed by atoms with E-state index in [1.165, 1.54) is 308 Å². The number of amides is 3. The van der Waals surface area contributed by atoms with E-state index in [9.17, 15) is 19.2 Å². The van der Waals surface area contributed by atoms with Gasteiger partial charge in [0.25, 0.3) is 0 Å². The van der Waals surface area contributed by atoms with Crippen molar-refractivity contribution in [2.24, 2.45) is 41.4 Å². The summed E-state index contributed by atoms with van der Waals surface area (Å²) in [5, 5.41) is 10.2. The Morgan fingerprint density at radius 1 is 0.277 bits per heavy atom. The highest BCUT2D eigenvalue weighted by atomic mass is 16.2. The van der Waals surface area contributed by atoms with Gasteiger partial charge >= 0.3 is 0 Å². The van der Waals surface area contributed by atoms with Gasteiger partial charge in [0.15, 0.2) is 0 Å². The second-order valence-electron chi connectivity index (χ2n) is 33.2. The van der Waals surface area contributed by atoms with Crippen molar-refractivity contribution in [3.8, 4) is 0 Å². The predicted molar refractivity (Wildman–Crippen MR) is 409 cm³/mol. The van der Waals surface area contributed by atoms with Crippen molar-refractivity contribution in [2.45, 2.75) is 490 Å². The molecule has 7 heteroatoms. The molecule has 0 aromatic rings. The van der Waals surface area contributed by atoms with Crippen LogP contribution in [0.25, 0.3) is 0 Å². The third kappa shape index (κ3) is 48.0. The van der Waals surface area contributed by atoms with E-state index in [2.05, 4.69) is 57.5 Å². The molecule has 0 bridgehead atoms. The van der Waals surface area contributed by atoms with Crippen LogP contribution in [0.5, 0.6) is 0 Å². The number of hydrogen-bond acceptors (Lipinski definition) is 4. The average molecular weight is 1320 g/mol. The predicted octanol–water partition coefficient (Wildman–Crippen LogP) is 26.6. The van der Waals surface area contributed by atoms with E-state index in [1.54, 1.807) is 0 Å². The van der Waals surface area contributed by atoms with Crippen LogP contribution in [0.3, 0.4) is 0 Å². The Balaban J connectivity index is 1.37. The Morgan fingerprint density at radius 3 is 0.830 bits per heavy atom. The Morgan fingerprint density at radius 2 is 0.521 bits per heavy atom. The van der Waals surface area contributed by atoms with Crippen LogP contribution in [0, 0.1) is 41.4 Å². The molecule has 3 saturated carbocycles. The second-order valence-corrected chi connectivity index (χ2v) is 33.2. The van der Waals surface area contributed by atoms with Gasteiger partial charge in [0.1, 0.15) is 5.78 Å². The second kappa shape index (κ2) is 61.0. The summed E-state index contributed by atoms with van der Waals surface area (Å²) >= 11 is 0. The first-order chi connectivity index (χ1) is 46.0. The van der Waals surface area contributed by atoms with Crippen LogP contribution >= 0.6 is 0 Å². The Bertz CT molecular complexity index is 1620. The van der Waals surface area contributed by atoms with E-state index >= 15 is 0 Å². The molecular weight excluding hydrogens is 1150 g/mol. The van der Waals surface area contributed by atoms with Crippen LogP contribution in [0.4, 0.5) is 0 Å². The lowest BCUT2D eigenvalue weighted by atomic mass is 9.63. The lowest BCUT2D eigenvalue weighted by Crippen LogP contribution is -2.53. The van der Waals surface area contributed by atoms with Crippen LogP contribution < -0.4 is 16.0 Å². The van der Waals surface area contributed by atoms with Gasteiger partial charge in [-0.25, -0.2) is 0 Å². The van der Waals surface area contributed by atoms with Gasteiger partial charge in [0.05, 0.1) is 0 Å². The van der Waals surface area contributed by atoms with Gasteiger partial charge in [-0.05, 0) is 106 Å². The van der Waals surface area contributed by atoms with E-state index in [0.717, 1.165) is 125 Å². The van der Waals surface area contributed by atoms with Crippen LogP contribution in [0.15, 0.2) is 0 Å². The molecule has 0 heterocycles. The number of rotatable bonds is 65. The molecule has 3 N–H and O–H groups in total. The van der Waals surface area contributed by atoms with Crippen LogP contribution in [-0.4, -0.2) is 41.6 Å². The molecule has 0 spiro atoms. The van der Waals surface area contributed by atoms with Crippen molar-refractivity contribution in [2.75, 3.05) is 0 Å². The van der Waals surface area contributed by atoms with Gasteiger partial charge < -0.3 is 16.0 Å². The number of Topliss-reactive ketones (excluding diaryl/α,β-unsaturated/α-hetero) is 1. The summed E-state index contributed by atoms with van der Waals surface area (Å²) in [5.41, 5.74) is 0. The van der Waals surface area contributed by atoms with Crippen molar-refractivity contribution < 1.29 is 19.2 Å². The normalized spacial score (nSPS) is 20.9. The van der Waals surface area contributed by atoms with Crippen LogP contribution in [0.1, 0.15) is 472 Å². The van der Waals surface area contributed by atoms with E-state index in [0.29, 0.717) is 43.8 Å². The van der Waals surface area contributed by atoms with Crippen molar-refractivity contribution in [3.05, 3.63) is 0 Å². The molecule has 3 aliphatic carbocycles. The minimum atomic E-state index is 0.0684. The standard InChI is InChI=1S/C87H165N3O4/c1-7-9-11-13-35-45-59-76-71-78(61-47-39-41-49-64-81(91)73-80-63-53-54-65-82(80)88-85(92)68-50-37-31-27-23-19-15-17-21-25-29-33-43-57-74(3)4)79(72-77(76)60-46-36-14-12-10-8-2)62-48-40-42-52-70-87(94)90-84-67-56-55-66-83(84)89-86(93)69-51-38-32-28-24-20-16-18-22-26-30-34-44-58-75(5)6/h74-80,82-84H,7-73H2,1-6H3,(H,88,92)(H,89,93)(H,90,94)/t76?,77?,78?,79?,80-,82-,83+,84-/m0/s1. The molecule has 3 amide bonds. The summed E-state index contributed by atoms with van der Waals surface area (Å²) in [5.74, 6) is 6.47. The lowest BCUT2D eigenvalue weighted by Gasteiger charge is -2.42. The minimum Gasteiger partial charge on any atom is -0.353 e. The highest BCUT2D eigenvalue weighted by Crippen LogP contribution is 2.47. The van der Waals surface area contributed by atoms with Gasteiger partial charge in [0, 0.05) is 50.2 Å². The van der Waals surface area contributed by atoms with Gasteiger partial charge in [-0.2, -0.15) is 0 Å². The van der Waals surface area contributed by atoms with Crippen molar-refractivity contribution >= 4 is 23.5 Å². The first kappa shape index (κ1) is 86.3. The fourth-order valence-corrected chi connectivity index (χ4v) is 17.4. The minimum absolute atomic E-state index is 0.0684. The molecule has 94 heavy (non-hydrogen) atoms. The Hall–Kier alpha value is -1.92. The smallest absolute Gasteiger partial charge is 0.220 e. The number of carbonyl (C=O) groups excluding carboxylic acids is 4. The summed E-state index contributed by atoms with van der Waals surface area (Å²) in [4.78, 5) is 53.3. The van der Waals surface area contributed by atoms with E-state index in [1.807, 2.05) is 0 Å². The first-order valence-electron chi connectivity index (χ1n) is 43.4. The molecule has 0 saturated heterocycles. The monoisotopic (exact) mass is 1320 g/mol. The Labute approximate surface area is 586 Å². The molecule has 0 aromatic heterocycles. The maximum atomic E-state index is 13.5. The number of unbranched alkanes of at least 4 members (excludes halogenated alkanes) is 40. The highest BCUT2D eigenvalue weighted by Gasteiger charge is 2.36. The molecule has 0 aliphatic heterocycles. The zero-order chi connectivity index (χ0) is 67.6. The molecule has 3 aliphatic rings. The van der Waals surface area contributed by atoms with Crippen molar-refractivity contribution in [1.82, 2.24) is 16.0 Å². The zero-order valence-electron chi connectivity index (χ0n) is 64.3. The van der Waals surface area contributed by atoms with E-state index in [-0.39, 0.29) is 35.8 Å². The summed E-state index contributed by atoms with van der Waals surface area (Å²) in [6, 6.07) is 0.321. The lowest BCUT2D eigenvalue weighted by molar-refractivity contribution is -0.125. The highest BCUT2D eigenvalue weighted by molar-refractivity contribution is 5.79. The van der Waals surface area contributed by atoms with Crippen molar-refractivity contribution in [1.29, 1.82) is 0 Å². The average Bonchev–Trinajstić information content (AvgIpc) is 0.903. The van der Waals surface area contributed by atoms with E-state index < -0.39 is 0 Å². The molecule has 4 unspecified atom stereocenters. The third-order valence-electron chi connectivity index (χ3n) is 23.5. The third-order valence-corrected chi connectivity index (χ3v) is 23.5. The largest absolute Gasteiger partial charge is 0.353 e. The molecule has 8 atom stereocenters. The molecule has 0 radical (unpaired) electrons. The molecule has 552 valence electrons. The summed E-state index contributed by atoms with van der Waals surface area (Å²) in [6.45, 7) is 14.0. The Kier molecular flexibility index (Phi) is 56.0. The van der Waals surface area contributed by atoms with E-state index in [4.69, 9.17) is 0 Å². The summed E-state index contributed by atoms with van der Waals surface area (Å²) in [7, 11) is 0. The molecular formula is C87H165N3O4. The maximum Gasteiger partial charge on any atom is 0.220 e. The van der Waals surface area contributed by atoms with Gasteiger partial charge in [-0.3, -0.25) is 19.2 Å². The fourth-order valence-electron chi connectivity index (χ4n) is 17.4. The van der Waals surface area contributed by atoms with Crippen molar-refractivity contribution in [3.63, 3.8) is 0 Å². The maximum absolute atomic E-state index is 13.5. The number of nitrogens with one attached hydrogen (secondary N) is 3. The summed E-state index contributed by atoms with van der Waals surface area (Å²) in [6.07, 6.45) is 83.7. The van der Waals surface area contributed by atoms with Crippen LogP contribution in [0.2, 0.25) is 0 Å². The zero-order valence-corrected chi connectivity index (χ0v) is 64.3. The fraction of sp³-hybridized carbons (Fsp3) is 0.954.